The van der Waals surface area contributed by atoms with Crippen molar-refractivity contribution in [1.29, 1.82) is 0 Å². The van der Waals surface area contributed by atoms with Crippen LogP contribution in [0.1, 0.15) is 5.56 Å². The number of carbonyl (C=O) groups is 1. The van der Waals surface area contributed by atoms with E-state index in [2.05, 4.69) is 15.6 Å². The molecule has 0 radical (unpaired) electrons. The Morgan fingerprint density at radius 2 is 1.92 bits per heavy atom. The zero-order chi connectivity index (χ0) is 16.9. The number of carbonyl (C=O) groups excluding carboxylic acids is 1. The topological polar surface area (TPSA) is 77.3 Å². The summed E-state index contributed by atoms with van der Waals surface area (Å²) in [6.07, 6.45) is 0. The molecular formula is C17H14ClN3O3. The van der Waals surface area contributed by atoms with E-state index in [4.69, 9.17) is 21.0 Å². The minimum Gasteiger partial charge on any atom is -0.482 e. The molecule has 0 unspecified atom stereocenters. The van der Waals surface area contributed by atoms with Crippen molar-refractivity contribution in [2.45, 2.75) is 6.92 Å². The molecule has 3 aromatic rings. The summed E-state index contributed by atoms with van der Waals surface area (Å²) in [6, 6.07) is 14.6. The zero-order valence-corrected chi connectivity index (χ0v) is 13.6. The summed E-state index contributed by atoms with van der Waals surface area (Å²) >= 11 is 5.97. The van der Waals surface area contributed by atoms with Gasteiger partial charge in [0.25, 0.3) is 5.91 Å². The average molecular weight is 344 g/mol. The molecule has 0 saturated carbocycles. The summed E-state index contributed by atoms with van der Waals surface area (Å²) < 4.78 is 10.1. The molecule has 3 rings (SSSR count). The van der Waals surface area contributed by atoms with Crippen molar-refractivity contribution in [3.63, 3.8) is 0 Å². The second-order valence-electron chi connectivity index (χ2n) is 5.09. The Labute approximate surface area is 143 Å². The van der Waals surface area contributed by atoms with E-state index in [0.717, 1.165) is 11.1 Å². The van der Waals surface area contributed by atoms with E-state index in [1.165, 1.54) is 0 Å². The summed E-state index contributed by atoms with van der Waals surface area (Å²) in [5, 5.41) is 10.6. The van der Waals surface area contributed by atoms with Gasteiger partial charge in [-0.15, -0.1) is 0 Å². The van der Waals surface area contributed by atoms with Gasteiger partial charge in [-0.25, -0.2) is 4.63 Å². The molecule has 0 fully saturated rings. The number of aromatic nitrogens is 2. The number of halogens is 1. The normalized spacial score (nSPS) is 10.4. The smallest absolute Gasteiger partial charge is 0.263 e. The lowest BCUT2D eigenvalue weighted by atomic mass is 10.1. The Morgan fingerprint density at radius 3 is 2.67 bits per heavy atom. The summed E-state index contributed by atoms with van der Waals surface area (Å²) in [7, 11) is 0. The molecule has 0 spiro atoms. The van der Waals surface area contributed by atoms with Gasteiger partial charge in [0.1, 0.15) is 5.75 Å². The van der Waals surface area contributed by atoms with Crippen LogP contribution in [0.2, 0.25) is 5.02 Å². The van der Waals surface area contributed by atoms with Crippen molar-refractivity contribution in [2.24, 2.45) is 0 Å². The van der Waals surface area contributed by atoms with Crippen molar-refractivity contribution >= 4 is 23.3 Å². The van der Waals surface area contributed by atoms with Gasteiger partial charge in [-0.2, -0.15) is 0 Å². The lowest BCUT2D eigenvalue weighted by molar-refractivity contribution is -0.118. The number of anilines is 1. The second kappa shape index (κ2) is 7.14. The van der Waals surface area contributed by atoms with Crippen LogP contribution < -0.4 is 10.1 Å². The maximum atomic E-state index is 12.0. The highest BCUT2D eigenvalue weighted by atomic mass is 35.5. The van der Waals surface area contributed by atoms with Crippen molar-refractivity contribution in [1.82, 2.24) is 10.3 Å². The molecule has 7 heteroatoms. The average Bonchev–Trinajstić information content (AvgIpc) is 3.03. The highest BCUT2D eigenvalue weighted by Crippen LogP contribution is 2.25. The molecule has 0 saturated heterocycles. The molecule has 24 heavy (non-hydrogen) atoms. The van der Waals surface area contributed by atoms with E-state index in [0.29, 0.717) is 16.5 Å². The van der Waals surface area contributed by atoms with Gasteiger partial charge in [0.05, 0.1) is 5.02 Å². The lowest BCUT2D eigenvalue weighted by Gasteiger charge is -2.07. The Bertz CT molecular complexity index is 846. The molecule has 0 aliphatic heterocycles. The molecule has 0 atom stereocenters. The Balaban J connectivity index is 1.66. The molecule has 2 aromatic carbocycles. The predicted molar refractivity (Wildman–Crippen MR) is 90.0 cm³/mol. The van der Waals surface area contributed by atoms with Gasteiger partial charge >= 0.3 is 0 Å². The fraction of sp³-hybridized carbons (Fsp3) is 0.118. The van der Waals surface area contributed by atoms with E-state index in [9.17, 15) is 4.79 Å². The van der Waals surface area contributed by atoms with Crippen LogP contribution in [0.25, 0.3) is 11.3 Å². The van der Waals surface area contributed by atoms with Crippen molar-refractivity contribution in [3.05, 3.63) is 59.1 Å². The van der Waals surface area contributed by atoms with Crippen LogP contribution in [-0.4, -0.2) is 22.8 Å². The lowest BCUT2D eigenvalue weighted by Crippen LogP contribution is -2.20. The van der Waals surface area contributed by atoms with Crippen LogP contribution in [0.3, 0.4) is 0 Å². The first-order valence-corrected chi connectivity index (χ1v) is 7.58. The first kappa shape index (κ1) is 16.0. The number of hydrogen-bond donors (Lipinski definition) is 1. The van der Waals surface area contributed by atoms with Gasteiger partial charge in [-0.3, -0.25) is 4.79 Å². The number of nitrogens with one attached hydrogen (secondary N) is 1. The van der Waals surface area contributed by atoms with E-state index < -0.39 is 0 Å². The fourth-order valence-electron chi connectivity index (χ4n) is 2.04. The maximum Gasteiger partial charge on any atom is 0.263 e. The molecule has 0 bridgehead atoms. The van der Waals surface area contributed by atoms with E-state index in [1.54, 1.807) is 24.3 Å². The van der Waals surface area contributed by atoms with Gasteiger partial charge in [-0.1, -0.05) is 53.6 Å². The van der Waals surface area contributed by atoms with Crippen LogP contribution >= 0.6 is 11.6 Å². The molecule has 122 valence electrons. The first-order chi connectivity index (χ1) is 11.6. The van der Waals surface area contributed by atoms with E-state index >= 15 is 0 Å². The minimum absolute atomic E-state index is 0.204. The Kier molecular flexibility index (Phi) is 4.77. The number of para-hydroxylation sites is 1. The third-order valence-corrected chi connectivity index (χ3v) is 3.58. The Morgan fingerprint density at radius 1 is 1.17 bits per heavy atom. The summed E-state index contributed by atoms with van der Waals surface area (Å²) in [6.45, 7) is 1.78. The zero-order valence-electron chi connectivity index (χ0n) is 12.8. The van der Waals surface area contributed by atoms with Gasteiger partial charge in [0.2, 0.25) is 5.82 Å². The number of benzene rings is 2. The van der Waals surface area contributed by atoms with Gasteiger partial charge in [0.15, 0.2) is 12.3 Å². The molecule has 0 aliphatic carbocycles. The maximum absolute atomic E-state index is 12.0. The molecule has 1 heterocycles. The van der Waals surface area contributed by atoms with Crippen molar-refractivity contribution < 1.29 is 14.2 Å². The van der Waals surface area contributed by atoms with Gasteiger partial charge < -0.3 is 10.1 Å². The second-order valence-corrected chi connectivity index (χ2v) is 5.50. The number of nitrogens with zero attached hydrogens (tertiary/aromatic N) is 2. The molecule has 6 nitrogen and oxygen atoms in total. The Hall–Kier alpha value is -2.86. The summed E-state index contributed by atoms with van der Waals surface area (Å²) in [4.78, 5) is 12.0. The van der Waals surface area contributed by atoms with Crippen LogP contribution in [0.4, 0.5) is 5.82 Å². The third kappa shape index (κ3) is 3.72. The third-order valence-electron chi connectivity index (χ3n) is 3.27. The SMILES string of the molecule is Cc1ccc(-c2nonc2NC(=O)COc2ccccc2Cl)cc1. The summed E-state index contributed by atoms with van der Waals surface area (Å²) in [5.74, 6) is 0.289. The fourth-order valence-corrected chi connectivity index (χ4v) is 2.23. The van der Waals surface area contributed by atoms with Crippen LogP contribution in [0.5, 0.6) is 5.75 Å². The number of hydrogen-bond acceptors (Lipinski definition) is 5. The minimum atomic E-state index is -0.390. The predicted octanol–water partition coefficient (Wildman–Crippen LogP) is 3.72. The standard InChI is InChI=1S/C17H14ClN3O3/c1-11-6-8-12(9-7-11)16-17(21-24-20-16)19-15(22)10-23-14-5-3-2-4-13(14)18/h2-9H,10H2,1H3,(H,19,21,22). The largest absolute Gasteiger partial charge is 0.482 e. The molecule has 1 N–H and O–H groups in total. The quantitative estimate of drug-likeness (QED) is 0.764. The van der Waals surface area contributed by atoms with Crippen LogP contribution in [0.15, 0.2) is 53.2 Å². The van der Waals surface area contributed by atoms with Crippen molar-refractivity contribution in [3.8, 4) is 17.0 Å². The number of aryl methyl sites for hydroxylation is 1. The number of rotatable bonds is 5. The highest BCUT2D eigenvalue weighted by molar-refractivity contribution is 6.32. The molecule has 1 amide bonds. The molecule has 1 aromatic heterocycles. The molecule has 0 aliphatic rings. The number of amides is 1. The summed E-state index contributed by atoms with van der Waals surface area (Å²) in [5.41, 5.74) is 2.37. The van der Waals surface area contributed by atoms with Gasteiger partial charge in [0, 0.05) is 5.56 Å². The molecular weight excluding hydrogens is 330 g/mol. The van der Waals surface area contributed by atoms with E-state index in [-0.39, 0.29) is 18.3 Å². The van der Waals surface area contributed by atoms with Crippen LogP contribution in [0, 0.1) is 6.92 Å². The first-order valence-electron chi connectivity index (χ1n) is 7.20. The van der Waals surface area contributed by atoms with E-state index in [1.807, 2.05) is 31.2 Å². The number of ether oxygens (including phenoxy) is 1. The van der Waals surface area contributed by atoms with Crippen molar-refractivity contribution in [2.75, 3.05) is 11.9 Å². The monoisotopic (exact) mass is 343 g/mol. The highest BCUT2D eigenvalue weighted by Gasteiger charge is 2.15. The van der Waals surface area contributed by atoms with Crippen LogP contribution in [-0.2, 0) is 4.79 Å². The van der Waals surface area contributed by atoms with Gasteiger partial charge in [-0.05, 0) is 29.4 Å².